The molecule has 0 bridgehead atoms. The Morgan fingerprint density at radius 1 is 1.19 bits per heavy atom. The zero-order chi connectivity index (χ0) is 15.1. The zero-order valence-electron chi connectivity index (χ0n) is 13.6. The lowest BCUT2D eigenvalue weighted by atomic mass is 10.0. The van der Waals surface area contributed by atoms with Crippen molar-refractivity contribution in [3.05, 3.63) is 34.3 Å². The van der Waals surface area contributed by atoms with Crippen molar-refractivity contribution in [1.82, 2.24) is 19.7 Å². The molecule has 0 aromatic carbocycles. The summed E-state index contributed by atoms with van der Waals surface area (Å²) < 4.78 is 7.74. The quantitative estimate of drug-likeness (QED) is 0.871. The number of nitrogens with zero attached hydrogens (tertiary/aromatic N) is 4. The molecule has 3 rings (SSSR count). The van der Waals surface area contributed by atoms with Crippen LogP contribution in [0.1, 0.15) is 53.2 Å². The molecule has 1 aliphatic heterocycles. The fraction of sp³-hybridized carbons (Fsp3) is 0.625. The normalized spacial score (nSPS) is 19.6. The van der Waals surface area contributed by atoms with Crippen LogP contribution in [0.4, 0.5) is 0 Å². The third kappa shape index (κ3) is 2.50. The molecular weight excluding hydrogens is 264 g/mol. The lowest BCUT2D eigenvalue weighted by Gasteiger charge is -2.23. The molecule has 0 saturated carbocycles. The molecule has 0 radical (unpaired) electrons. The van der Waals surface area contributed by atoms with Crippen molar-refractivity contribution >= 4 is 0 Å². The minimum Gasteiger partial charge on any atom is -0.444 e. The molecule has 2 aromatic heterocycles. The van der Waals surface area contributed by atoms with E-state index in [1.165, 1.54) is 24.1 Å². The van der Waals surface area contributed by atoms with Gasteiger partial charge in [-0.3, -0.25) is 9.58 Å². The molecule has 0 spiro atoms. The summed E-state index contributed by atoms with van der Waals surface area (Å²) in [5.74, 6) is 1.76. The fourth-order valence-electron chi connectivity index (χ4n) is 3.40. The first-order chi connectivity index (χ1) is 9.97. The minimum atomic E-state index is 0.436. The fourth-order valence-corrected chi connectivity index (χ4v) is 3.40. The molecule has 21 heavy (non-hydrogen) atoms. The van der Waals surface area contributed by atoms with Gasteiger partial charge >= 0.3 is 0 Å². The number of oxazole rings is 1. The molecule has 0 unspecified atom stereocenters. The monoisotopic (exact) mass is 288 g/mol. The van der Waals surface area contributed by atoms with Crippen molar-refractivity contribution < 1.29 is 4.42 Å². The van der Waals surface area contributed by atoms with Crippen molar-refractivity contribution in [3.63, 3.8) is 0 Å². The first-order valence-corrected chi connectivity index (χ1v) is 7.64. The van der Waals surface area contributed by atoms with Crippen molar-refractivity contribution in [2.45, 2.75) is 53.1 Å². The van der Waals surface area contributed by atoms with Crippen LogP contribution in [0.5, 0.6) is 0 Å². The van der Waals surface area contributed by atoms with E-state index in [-0.39, 0.29) is 0 Å². The average Bonchev–Trinajstić information content (AvgIpc) is 3.04. The molecule has 0 N–H and O–H groups in total. The van der Waals surface area contributed by atoms with Crippen LogP contribution < -0.4 is 0 Å². The van der Waals surface area contributed by atoms with Gasteiger partial charge in [0.25, 0.3) is 0 Å². The highest BCUT2D eigenvalue weighted by Gasteiger charge is 2.31. The predicted octanol–water partition coefficient (Wildman–Crippen LogP) is 2.98. The molecular formula is C16H24N4O. The molecule has 1 atom stereocenters. The van der Waals surface area contributed by atoms with Crippen LogP contribution in [0.3, 0.4) is 0 Å². The maximum Gasteiger partial charge on any atom is 0.208 e. The SMILES string of the molecule is Cc1nc(CN2CCC[C@H]2c2c(C)nn(C)c2C)oc1C. The second-order valence-corrected chi connectivity index (χ2v) is 6.09. The van der Waals surface area contributed by atoms with E-state index in [0.717, 1.165) is 36.1 Å². The summed E-state index contributed by atoms with van der Waals surface area (Å²) in [6.07, 6.45) is 2.41. The van der Waals surface area contributed by atoms with Gasteiger partial charge in [0.1, 0.15) is 5.76 Å². The summed E-state index contributed by atoms with van der Waals surface area (Å²) in [4.78, 5) is 7.00. The van der Waals surface area contributed by atoms with Crippen LogP contribution in [0.2, 0.25) is 0 Å². The van der Waals surface area contributed by atoms with Crippen molar-refractivity contribution in [2.75, 3.05) is 6.54 Å². The van der Waals surface area contributed by atoms with Crippen LogP contribution >= 0.6 is 0 Å². The van der Waals surface area contributed by atoms with Gasteiger partial charge in [0.15, 0.2) is 0 Å². The molecule has 2 aromatic rings. The summed E-state index contributed by atoms with van der Waals surface area (Å²) in [7, 11) is 2.02. The molecule has 0 amide bonds. The van der Waals surface area contributed by atoms with Gasteiger partial charge in [-0.15, -0.1) is 0 Å². The molecule has 1 saturated heterocycles. The smallest absolute Gasteiger partial charge is 0.208 e. The minimum absolute atomic E-state index is 0.436. The van der Waals surface area contributed by atoms with E-state index in [2.05, 4.69) is 28.8 Å². The van der Waals surface area contributed by atoms with Gasteiger partial charge in [0, 0.05) is 24.3 Å². The number of hydrogen-bond acceptors (Lipinski definition) is 4. The molecule has 3 heterocycles. The third-order valence-electron chi connectivity index (χ3n) is 4.67. The largest absolute Gasteiger partial charge is 0.444 e. The van der Waals surface area contributed by atoms with Gasteiger partial charge in [-0.2, -0.15) is 5.10 Å². The van der Waals surface area contributed by atoms with E-state index in [4.69, 9.17) is 4.42 Å². The highest BCUT2D eigenvalue weighted by atomic mass is 16.4. The van der Waals surface area contributed by atoms with E-state index >= 15 is 0 Å². The lowest BCUT2D eigenvalue weighted by Crippen LogP contribution is -2.23. The van der Waals surface area contributed by atoms with Gasteiger partial charge in [0.2, 0.25) is 5.89 Å². The van der Waals surface area contributed by atoms with Crippen LogP contribution in [0, 0.1) is 27.7 Å². The number of aromatic nitrogens is 3. The second kappa shape index (κ2) is 5.30. The number of hydrogen-bond donors (Lipinski definition) is 0. The van der Waals surface area contributed by atoms with E-state index in [0.29, 0.717) is 6.04 Å². The summed E-state index contributed by atoms with van der Waals surface area (Å²) >= 11 is 0. The maximum absolute atomic E-state index is 5.75. The van der Waals surface area contributed by atoms with E-state index in [1.54, 1.807) is 0 Å². The molecule has 0 aliphatic carbocycles. The number of aryl methyl sites for hydroxylation is 4. The Kier molecular flexibility index (Phi) is 3.61. The molecule has 114 valence electrons. The van der Waals surface area contributed by atoms with Crippen LogP contribution in [0.15, 0.2) is 4.42 Å². The van der Waals surface area contributed by atoms with Crippen LogP contribution in [-0.2, 0) is 13.6 Å². The topological polar surface area (TPSA) is 47.1 Å². The molecule has 1 aliphatic rings. The van der Waals surface area contributed by atoms with Gasteiger partial charge in [0.05, 0.1) is 17.9 Å². The Morgan fingerprint density at radius 2 is 1.95 bits per heavy atom. The van der Waals surface area contributed by atoms with E-state index < -0.39 is 0 Å². The highest BCUT2D eigenvalue weighted by molar-refractivity contribution is 5.29. The highest BCUT2D eigenvalue weighted by Crippen LogP contribution is 2.36. The number of rotatable bonds is 3. The van der Waals surface area contributed by atoms with Crippen LogP contribution in [0.25, 0.3) is 0 Å². The first kappa shape index (κ1) is 14.3. The van der Waals surface area contributed by atoms with Crippen molar-refractivity contribution in [2.24, 2.45) is 7.05 Å². The summed E-state index contributed by atoms with van der Waals surface area (Å²) in [6, 6.07) is 0.436. The van der Waals surface area contributed by atoms with Crippen LogP contribution in [-0.4, -0.2) is 26.2 Å². The van der Waals surface area contributed by atoms with Gasteiger partial charge in [-0.25, -0.2) is 4.98 Å². The first-order valence-electron chi connectivity index (χ1n) is 7.64. The Morgan fingerprint density at radius 3 is 2.52 bits per heavy atom. The maximum atomic E-state index is 5.75. The van der Waals surface area contributed by atoms with Gasteiger partial charge < -0.3 is 4.42 Å². The summed E-state index contributed by atoms with van der Waals surface area (Å²) in [6.45, 7) is 10.1. The predicted molar refractivity (Wildman–Crippen MR) is 81.0 cm³/mol. The second-order valence-electron chi connectivity index (χ2n) is 6.09. The Hall–Kier alpha value is -1.62. The summed E-state index contributed by atoms with van der Waals surface area (Å²) in [5.41, 5.74) is 4.79. The van der Waals surface area contributed by atoms with Crippen molar-refractivity contribution in [1.29, 1.82) is 0 Å². The zero-order valence-corrected chi connectivity index (χ0v) is 13.6. The Bertz CT molecular complexity index is 636. The number of likely N-dealkylation sites (tertiary alicyclic amines) is 1. The van der Waals surface area contributed by atoms with Crippen molar-refractivity contribution in [3.8, 4) is 0 Å². The third-order valence-corrected chi connectivity index (χ3v) is 4.67. The average molecular weight is 288 g/mol. The summed E-state index contributed by atoms with van der Waals surface area (Å²) in [5, 5.41) is 4.57. The molecule has 5 heteroatoms. The van der Waals surface area contributed by atoms with E-state index in [1.807, 2.05) is 25.6 Å². The standard InChI is InChI=1S/C16H24N4O/c1-10-13(4)21-15(17-10)9-20-8-6-7-14(20)16-11(2)18-19(5)12(16)3/h14H,6-9H2,1-5H3/t14-/m0/s1. The Balaban J connectivity index is 1.85. The van der Waals surface area contributed by atoms with E-state index in [9.17, 15) is 0 Å². The molecule has 5 nitrogen and oxygen atoms in total. The molecule has 1 fully saturated rings. The van der Waals surface area contributed by atoms with Gasteiger partial charge in [-0.05, 0) is 47.1 Å². The lowest BCUT2D eigenvalue weighted by molar-refractivity contribution is 0.221. The van der Waals surface area contributed by atoms with Gasteiger partial charge in [-0.1, -0.05) is 0 Å². The Labute approximate surface area is 126 Å².